The summed E-state index contributed by atoms with van der Waals surface area (Å²) in [5, 5.41) is 0.891. The van der Waals surface area contributed by atoms with Gasteiger partial charge in [-0.15, -0.1) is 6.42 Å². The smallest absolute Gasteiger partial charge is 0.130 e. The Kier molecular flexibility index (Phi) is 3.98. The third-order valence-corrected chi connectivity index (χ3v) is 2.39. The second kappa shape index (κ2) is 4.85. The Morgan fingerprint density at radius 1 is 1.53 bits per heavy atom. The van der Waals surface area contributed by atoms with Crippen molar-refractivity contribution in [2.75, 3.05) is 0 Å². The van der Waals surface area contributed by atoms with Crippen molar-refractivity contribution in [3.05, 3.63) is 28.0 Å². The molecule has 1 aromatic heterocycles. The minimum atomic E-state index is -0.608. The molecule has 0 unspecified atom stereocenters. The summed E-state index contributed by atoms with van der Waals surface area (Å²) in [6.07, 6.45) is 6.87. The molecule has 0 fully saturated rings. The molecule has 4 heteroatoms. The second-order valence-corrected chi connectivity index (χ2v) is 4.34. The monoisotopic (exact) mass is 243 g/mol. The minimum Gasteiger partial charge on any atom is -0.358 e. The third kappa shape index (κ3) is 3.71. The largest absolute Gasteiger partial charge is 0.358 e. The molecule has 0 saturated heterocycles. The van der Waals surface area contributed by atoms with Crippen molar-refractivity contribution < 1.29 is 4.74 Å². The fourth-order valence-corrected chi connectivity index (χ4v) is 1.26. The molecule has 1 aromatic rings. The van der Waals surface area contributed by atoms with Gasteiger partial charge in [0.15, 0.2) is 0 Å². The quantitative estimate of drug-likeness (QED) is 0.601. The fourth-order valence-electron chi connectivity index (χ4n) is 0.842. The average molecular weight is 244 g/mol. The Morgan fingerprint density at radius 3 is 2.73 bits per heavy atom. The van der Waals surface area contributed by atoms with Crippen LogP contribution in [-0.2, 0) is 11.3 Å². The predicted molar refractivity (Wildman–Crippen MR) is 62.0 cm³/mol. The zero-order valence-corrected chi connectivity index (χ0v) is 10.1. The van der Waals surface area contributed by atoms with E-state index in [0.717, 1.165) is 5.56 Å². The van der Waals surface area contributed by atoms with Gasteiger partial charge in [-0.25, -0.2) is 4.98 Å². The predicted octanol–water partition coefficient (Wildman–Crippen LogP) is 3.32. The maximum atomic E-state index is 5.95. The first-order valence-corrected chi connectivity index (χ1v) is 5.12. The van der Waals surface area contributed by atoms with Crippen LogP contribution in [0, 0.1) is 12.3 Å². The van der Waals surface area contributed by atoms with Crippen LogP contribution in [0.5, 0.6) is 0 Å². The van der Waals surface area contributed by atoms with E-state index < -0.39 is 5.60 Å². The molecular formula is C11H11Cl2NO. The second-order valence-electron chi connectivity index (χ2n) is 3.54. The van der Waals surface area contributed by atoms with Crippen molar-refractivity contribution in [2.24, 2.45) is 0 Å². The molecule has 0 aliphatic rings. The number of terminal acetylenes is 1. The summed E-state index contributed by atoms with van der Waals surface area (Å²) in [6, 6.07) is 1.57. The fraction of sp³-hybridized carbons (Fsp3) is 0.364. The number of rotatable bonds is 3. The van der Waals surface area contributed by atoms with Crippen LogP contribution in [0.4, 0.5) is 0 Å². The number of hydrogen-bond donors (Lipinski definition) is 0. The van der Waals surface area contributed by atoms with Crippen LogP contribution in [0.2, 0.25) is 10.2 Å². The van der Waals surface area contributed by atoms with Gasteiger partial charge in [-0.2, -0.15) is 0 Å². The lowest BCUT2D eigenvalue weighted by atomic mass is 10.1. The average Bonchev–Trinajstić information content (AvgIpc) is 2.16. The Bertz CT molecular complexity index is 396. The van der Waals surface area contributed by atoms with Gasteiger partial charge in [0, 0.05) is 11.8 Å². The normalized spacial score (nSPS) is 11.1. The van der Waals surface area contributed by atoms with Crippen LogP contribution in [0.15, 0.2) is 12.3 Å². The van der Waals surface area contributed by atoms with Gasteiger partial charge in [0.2, 0.25) is 0 Å². The molecule has 0 aliphatic carbocycles. The van der Waals surface area contributed by atoms with Crippen LogP contribution in [0.1, 0.15) is 19.4 Å². The van der Waals surface area contributed by atoms with Gasteiger partial charge < -0.3 is 4.74 Å². The van der Waals surface area contributed by atoms with Gasteiger partial charge in [0.1, 0.15) is 10.8 Å². The van der Waals surface area contributed by atoms with Gasteiger partial charge >= 0.3 is 0 Å². The highest BCUT2D eigenvalue weighted by Crippen LogP contribution is 2.21. The number of aromatic nitrogens is 1. The summed E-state index contributed by atoms with van der Waals surface area (Å²) in [4.78, 5) is 3.92. The first-order chi connectivity index (χ1) is 6.94. The molecule has 0 spiro atoms. The summed E-state index contributed by atoms with van der Waals surface area (Å²) in [6.45, 7) is 3.94. The first kappa shape index (κ1) is 12.3. The van der Waals surface area contributed by atoms with Crippen molar-refractivity contribution in [1.29, 1.82) is 0 Å². The van der Waals surface area contributed by atoms with Crippen LogP contribution in [0.25, 0.3) is 0 Å². The van der Waals surface area contributed by atoms with Gasteiger partial charge in [0.05, 0.1) is 11.6 Å². The lowest BCUT2D eigenvalue weighted by Crippen LogP contribution is -2.21. The molecule has 80 valence electrons. The molecule has 2 nitrogen and oxygen atoms in total. The van der Waals surface area contributed by atoms with Crippen LogP contribution >= 0.6 is 23.2 Å². The van der Waals surface area contributed by atoms with Crippen LogP contribution < -0.4 is 0 Å². The van der Waals surface area contributed by atoms with E-state index in [0.29, 0.717) is 16.8 Å². The van der Waals surface area contributed by atoms with Gasteiger partial charge in [-0.05, 0) is 19.9 Å². The van der Waals surface area contributed by atoms with Crippen molar-refractivity contribution >= 4 is 23.2 Å². The Labute approximate surface area is 99.6 Å². The number of pyridine rings is 1. The van der Waals surface area contributed by atoms with Crippen LogP contribution in [0.3, 0.4) is 0 Å². The highest BCUT2D eigenvalue weighted by molar-refractivity contribution is 6.34. The lowest BCUT2D eigenvalue weighted by molar-refractivity contribution is 0.0144. The topological polar surface area (TPSA) is 22.1 Å². The molecule has 0 aromatic carbocycles. The van der Waals surface area contributed by atoms with E-state index in [2.05, 4.69) is 10.9 Å². The van der Waals surface area contributed by atoms with E-state index >= 15 is 0 Å². The van der Waals surface area contributed by atoms with Crippen molar-refractivity contribution in [3.63, 3.8) is 0 Å². The zero-order chi connectivity index (χ0) is 11.5. The standard InChI is InChI=1S/C11H11Cl2NO/c1-4-11(2,3)15-7-8-6-14-10(13)5-9(8)12/h1,5-6H,7H2,2-3H3. The van der Waals surface area contributed by atoms with E-state index in [9.17, 15) is 0 Å². The maximum Gasteiger partial charge on any atom is 0.130 e. The molecule has 0 atom stereocenters. The summed E-state index contributed by atoms with van der Waals surface area (Å²) in [5.41, 5.74) is 0.160. The van der Waals surface area contributed by atoms with Gasteiger partial charge in [-0.3, -0.25) is 0 Å². The van der Waals surface area contributed by atoms with Crippen molar-refractivity contribution in [3.8, 4) is 12.3 Å². The first-order valence-electron chi connectivity index (χ1n) is 4.36. The molecule has 0 amide bonds. The summed E-state index contributed by atoms with van der Waals surface area (Å²) < 4.78 is 5.48. The zero-order valence-electron chi connectivity index (χ0n) is 8.55. The lowest BCUT2D eigenvalue weighted by Gasteiger charge is -2.18. The highest BCUT2D eigenvalue weighted by Gasteiger charge is 2.15. The SMILES string of the molecule is C#CC(C)(C)OCc1cnc(Cl)cc1Cl. The molecular weight excluding hydrogens is 233 g/mol. The molecule has 0 saturated carbocycles. The number of ether oxygens (including phenoxy) is 1. The van der Waals surface area contributed by atoms with Gasteiger partial charge in [0.25, 0.3) is 0 Å². The van der Waals surface area contributed by atoms with Gasteiger partial charge in [-0.1, -0.05) is 29.1 Å². The summed E-state index contributed by atoms with van der Waals surface area (Å²) in [5.74, 6) is 2.53. The Hall–Kier alpha value is -0.750. The third-order valence-electron chi connectivity index (χ3n) is 1.83. The van der Waals surface area contributed by atoms with E-state index in [1.807, 2.05) is 13.8 Å². The van der Waals surface area contributed by atoms with Crippen LogP contribution in [-0.4, -0.2) is 10.6 Å². The number of nitrogens with zero attached hydrogens (tertiary/aromatic N) is 1. The van der Waals surface area contributed by atoms with Crippen molar-refractivity contribution in [2.45, 2.75) is 26.1 Å². The number of halogens is 2. The molecule has 1 rings (SSSR count). The molecule has 1 heterocycles. The van der Waals surface area contributed by atoms with E-state index in [1.54, 1.807) is 12.3 Å². The summed E-state index contributed by atoms with van der Waals surface area (Å²) in [7, 11) is 0. The minimum absolute atomic E-state index is 0.320. The maximum absolute atomic E-state index is 5.95. The summed E-state index contributed by atoms with van der Waals surface area (Å²) >= 11 is 11.6. The molecule has 0 bridgehead atoms. The molecule has 15 heavy (non-hydrogen) atoms. The Morgan fingerprint density at radius 2 is 2.20 bits per heavy atom. The molecule has 0 N–H and O–H groups in total. The van der Waals surface area contributed by atoms with Crippen molar-refractivity contribution in [1.82, 2.24) is 4.98 Å². The van der Waals surface area contributed by atoms with E-state index in [4.69, 9.17) is 34.4 Å². The van der Waals surface area contributed by atoms with E-state index in [-0.39, 0.29) is 0 Å². The molecule has 0 radical (unpaired) electrons. The molecule has 0 aliphatic heterocycles. The Balaban J connectivity index is 2.71. The highest BCUT2D eigenvalue weighted by atomic mass is 35.5. The van der Waals surface area contributed by atoms with E-state index in [1.165, 1.54) is 0 Å². The number of hydrogen-bond acceptors (Lipinski definition) is 2.